The molecule has 3 nitrogen and oxygen atoms in total. The van der Waals surface area contributed by atoms with E-state index < -0.39 is 0 Å². The topological polar surface area (TPSA) is 42.2 Å². The first-order valence-electron chi connectivity index (χ1n) is 5.66. The molecule has 1 heterocycles. The Hall–Kier alpha value is -1.34. The van der Waals surface area contributed by atoms with Crippen molar-refractivity contribution in [2.45, 2.75) is 18.9 Å². The Morgan fingerprint density at radius 1 is 1.47 bits per heavy atom. The third kappa shape index (κ3) is 2.86. The lowest BCUT2D eigenvalue weighted by atomic mass is 10.2. The van der Waals surface area contributed by atoms with Crippen LogP contribution in [0.4, 0.5) is 0 Å². The van der Waals surface area contributed by atoms with E-state index in [0.717, 1.165) is 12.2 Å². The second-order valence-corrected chi connectivity index (χ2v) is 5.06. The molecule has 0 amide bonds. The summed E-state index contributed by atoms with van der Waals surface area (Å²) in [4.78, 5) is 0. The Balaban J connectivity index is 2.17. The van der Waals surface area contributed by atoms with E-state index in [-0.39, 0.29) is 6.10 Å². The quantitative estimate of drug-likeness (QED) is 0.826. The van der Waals surface area contributed by atoms with E-state index in [0.29, 0.717) is 17.1 Å². The van der Waals surface area contributed by atoms with Gasteiger partial charge in [-0.25, -0.2) is 0 Å². The predicted octanol–water partition coefficient (Wildman–Crippen LogP) is 2.84. The molecule has 1 aliphatic heterocycles. The average molecular weight is 249 g/mol. The van der Waals surface area contributed by atoms with E-state index in [1.165, 1.54) is 12.2 Å². The second kappa shape index (κ2) is 5.83. The van der Waals surface area contributed by atoms with Gasteiger partial charge in [0.1, 0.15) is 12.2 Å². The lowest BCUT2D eigenvalue weighted by molar-refractivity contribution is 0.202. The van der Waals surface area contributed by atoms with Crippen molar-refractivity contribution in [1.82, 2.24) is 0 Å². The Kier molecular flexibility index (Phi) is 4.16. The van der Waals surface area contributed by atoms with Crippen molar-refractivity contribution in [3.8, 4) is 17.6 Å². The Labute approximate surface area is 106 Å². The van der Waals surface area contributed by atoms with Gasteiger partial charge >= 0.3 is 0 Å². The van der Waals surface area contributed by atoms with Gasteiger partial charge in [0.2, 0.25) is 0 Å². The van der Waals surface area contributed by atoms with Crippen LogP contribution < -0.4 is 9.47 Å². The smallest absolute Gasteiger partial charge is 0.178 e. The molecule has 0 N–H and O–H groups in total. The summed E-state index contributed by atoms with van der Waals surface area (Å²) < 4.78 is 11.2. The number of methoxy groups -OCH3 is 1. The van der Waals surface area contributed by atoms with Crippen LogP contribution in [0.3, 0.4) is 0 Å². The van der Waals surface area contributed by atoms with E-state index >= 15 is 0 Å². The molecule has 2 rings (SSSR count). The maximum Gasteiger partial charge on any atom is 0.178 e. The molecular formula is C13H15NO2S. The van der Waals surface area contributed by atoms with Crippen LogP contribution in [0.1, 0.15) is 18.4 Å². The first kappa shape index (κ1) is 12.1. The Morgan fingerprint density at radius 3 is 3.00 bits per heavy atom. The highest BCUT2D eigenvalue weighted by atomic mass is 32.2. The molecule has 0 saturated carbocycles. The summed E-state index contributed by atoms with van der Waals surface area (Å²) in [6.07, 6.45) is 2.50. The molecule has 0 aromatic heterocycles. The predicted molar refractivity (Wildman–Crippen MR) is 68.7 cm³/mol. The number of ether oxygens (including phenoxy) is 2. The van der Waals surface area contributed by atoms with Crippen LogP contribution in [-0.2, 0) is 0 Å². The molecule has 1 atom stereocenters. The molecular weight excluding hydrogens is 234 g/mol. The van der Waals surface area contributed by atoms with Crippen LogP contribution in [0.2, 0.25) is 0 Å². The summed E-state index contributed by atoms with van der Waals surface area (Å²) in [5.41, 5.74) is 0.522. The van der Waals surface area contributed by atoms with Gasteiger partial charge in [-0.05, 0) is 30.7 Å². The van der Waals surface area contributed by atoms with Crippen molar-refractivity contribution in [1.29, 1.82) is 5.26 Å². The summed E-state index contributed by atoms with van der Waals surface area (Å²) >= 11 is 1.91. The minimum Gasteiger partial charge on any atom is -0.492 e. The van der Waals surface area contributed by atoms with E-state index in [1.54, 1.807) is 13.2 Å². The van der Waals surface area contributed by atoms with Gasteiger partial charge in [-0.1, -0.05) is 6.07 Å². The number of nitriles is 1. The van der Waals surface area contributed by atoms with Crippen molar-refractivity contribution >= 4 is 11.8 Å². The first-order valence-corrected chi connectivity index (χ1v) is 6.82. The molecule has 0 aliphatic carbocycles. The molecule has 0 spiro atoms. The lowest BCUT2D eigenvalue weighted by Crippen LogP contribution is -2.23. The number of para-hydroxylation sites is 1. The van der Waals surface area contributed by atoms with Gasteiger partial charge in [-0.15, -0.1) is 0 Å². The third-order valence-corrected chi connectivity index (χ3v) is 3.90. The lowest BCUT2D eigenvalue weighted by Gasteiger charge is -2.23. The number of benzene rings is 1. The number of hydrogen-bond acceptors (Lipinski definition) is 4. The van der Waals surface area contributed by atoms with Crippen molar-refractivity contribution in [3.63, 3.8) is 0 Å². The van der Waals surface area contributed by atoms with Crippen molar-refractivity contribution < 1.29 is 9.47 Å². The summed E-state index contributed by atoms with van der Waals surface area (Å²) in [6.45, 7) is 0. The highest BCUT2D eigenvalue weighted by molar-refractivity contribution is 7.99. The van der Waals surface area contributed by atoms with Crippen LogP contribution in [0, 0.1) is 11.3 Å². The zero-order valence-corrected chi connectivity index (χ0v) is 10.6. The molecule has 1 aliphatic rings. The van der Waals surface area contributed by atoms with Gasteiger partial charge in [0, 0.05) is 5.75 Å². The monoisotopic (exact) mass is 249 g/mol. The average Bonchev–Trinajstić information content (AvgIpc) is 2.39. The highest BCUT2D eigenvalue weighted by Crippen LogP contribution is 2.33. The molecule has 4 heteroatoms. The maximum absolute atomic E-state index is 8.99. The normalized spacial score (nSPS) is 19.4. The molecule has 1 aromatic rings. The van der Waals surface area contributed by atoms with E-state index in [4.69, 9.17) is 14.7 Å². The van der Waals surface area contributed by atoms with Crippen LogP contribution in [-0.4, -0.2) is 24.7 Å². The zero-order chi connectivity index (χ0) is 12.1. The van der Waals surface area contributed by atoms with Crippen LogP contribution >= 0.6 is 11.8 Å². The largest absolute Gasteiger partial charge is 0.492 e. The summed E-state index contributed by atoms with van der Waals surface area (Å²) in [5.74, 6) is 3.46. The van der Waals surface area contributed by atoms with E-state index in [2.05, 4.69) is 6.07 Å². The minimum atomic E-state index is 0.233. The van der Waals surface area contributed by atoms with Gasteiger partial charge < -0.3 is 9.47 Å². The third-order valence-electron chi connectivity index (χ3n) is 2.72. The fourth-order valence-corrected chi connectivity index (χ4v) is 2.93. The van der Waals surface area contributed by atoms with Crippen LogP contribution in [0.25, 0.3) is 0 Å². The van der Waals surface area contributed by atoms with Gasteiger partial charge in [-0.3, -0.25) is 0 Å². The molecule has 90 valence electrons. The number of hydrogen-bond donors (Lipinski definition) is 0. The highest BCUT2D eigenvalue weighted by Gasteiger charge is 2.18. The van der Waals surface area contributed by atoms with E-state index in [9.17, 15) is 0 Å². The minimum absolute atomic E-state index is 0.233. The van der Waals surface area contributed by atoms with E-state index in [1.807, 2.05) is 23.9 Å². The van der Waals surface area contributed by atoms with Gasteiger partial charge in [0.05, 0.1) is 12.7 Å². The van der Waals surface area contributed by atoms with Gasteiger partial charge in [0.25, 0.3) is 0 Å². The molecule has 0 radical (unpaired) electrons. The van der Waals surface area contributed by atoms with Crippen molar-refractivity contribution in [2.75, 3.05) is 18.6 Å². The van der Waals surface area contributed by atoms with Gasteiger partial charge in [0.15, 0.2) is 11.5 Å². The standard InChI is InChI=1S/C13H15NO2S/c1-15-13-10(8-14)4-2-6-12(13)16-11-5-3-7-17-9-11/h2,4,6,11H,3,5,7,9H2,1H3. The Morgan fingerprint density at radius 2 is 2.35 bits per heavy atom. The van der Waals surface area contributed by atoms with Gasteiger partial charge in [-0.2, -0.15) is 17.0 Å². The van der Waals surface area contributed by atoms with Crippen molar-refractivity contribution in [3.05, 3.63) is 23.8 Å². The van der Waals surface area contributed by atoms with Crippen LogP contribution in [0.5, 0.6) is 11.5 Å². The zero-order valence-electron chi connectivity index (χ0n) is 9.81. The molecule has 17 heavy (non-hydrogen) atoms. The van der Waals surface area contributed by atoms with Crippen molar-refractivity contribution in [2.24, 2.45) is 0 Å². The SMILES string of the molecule is COc1c(C#N)cccc1OC1CCCSC1. The summed E-state index contributed by atoms with van der Waals surface area (Å²) in [7, 11) is 1.57. The molecule has 1 saturated heterocycles. The molecule has 1 unspecified atom stereocenters. The fraction of sp³-hybridized carbons (Fsp3) is 0.462. The maximum atomic E-state index is 8.99. The number of rotatable bonds is 3. The summed E-state index contributed by atoms with van der Waals surface area (Å²) in [5, 5.41) is 8.99. The molecule has 1 fully saturated rings. The van der Waals surface area contributed by atoms with Crippen LogP contribution in [0.15, 0.2) is 18.2 Å². The second-order valence-electron chi connectivity index (χ2n) is 3.91. The Bertz CT molecular complexity index is 422. The fourth-order valence-electron chi connectivity index (χ4n) is 1.89. The number of thioether (sulfide) groups is 1. The number of nitrogens with zero attached hydrogens (tertiary/aromatic N) is 1. The molecule has 0 bridgehead atoms. The molecule has 1 aromatic carbocycles. The first-order chi connectivity index (χ1) is 8.35. The summed E-state index contributed by atoms with van der Waals surface area (Å²) in [6, 6.07) is 7.54.